The minimum Gasteiger partial charge on any atom is -0.490 e. The highest BCUT2D eigenvalue weighted by atomic mass is 16.5. The van der Waals surface area contributed by atoms with E-state index in [4.69, 9.17) is 19.7 Å². The molecular formula is C17H21N3O3. The Morgan fingerprint density at radius 1 is 1.26 bits per heavy atom. The summed E-state index contributed by atoms with van der Waals surface area (Å²) >= 11 is 0. The van der Waals surface area contributed by atoms with Crippen LogP contribution in [0.2, 0.25) is 0 Å². The van der Waals surface area contributed by atoms with Crippen LogP contribution < -0.4 is 10.5 Å². The summed E-state index contributed by atoms with van der Waals surface area (Å²) in [4.78, 5) is 4.50. The largest absolute Gasteiger partial charge is 0.490 e. The highest BCUT2D eigenvalue weighted by Crippen LogP contribution is 2.38. The molecular weight excluding hydrogens is 294 g/mol. The number of benzene rings is 1. The van der Waals surface area contributed by atoms with Gasteiger partial charge < -0.3 is 19.7 Å². The topological polar surface area (TPSA) is 83.4 Å². The predicted molar refractivity (Wildman–Crippen MR) is 83.9 cm³/mol. The molecule has 0 bridgehead atoms. The molecule has 2 N–H and O–H groups in total. The van der Waals surface area contributed by atoms with Crippen molar-refractivity contribution in [1.82, 2.24) is 10.1 Å². The van der Waals surface area contributed by atoms with Crippen molar-refractivity contribution in [3.63, 3.8) is 0 Å². The molecule has 2 aromatic rings. The maximum atomic E-state index is 6.26. The van der Waals surface area contributed by atoms with Gasteiger partial charge in [0.15, 0.2) is 5.82 Å². The fourth-order valence-corrected chi connectivity index (χ4v) is 3.04. The molecule has 1 aliphatic heterocycles. The predicted octanol–water partition coefficient (Wildman–Crippen LogP) is 2.63. The molecule has 1 aliphatic carbocycles. The molecule has 2 fully saturated rings. The number of hydrogen-bond donors (Lipinski definition) is 1. The second kappa shape index (κ2) is 5.94. The van der Waals surface area contributed by atoms with Crippen molar-refractivity contribution >= 4 is 0 Å². The van der Waals surface area contributed by atoms with Gasteiger partial charge in [-0.1, -0.05) is 17.3 Å². The average Bonchev–Trinajstić information content (AvgIpc) is 3.22. The average molecular weight is 315 g/mol. The van der Waals surface area contributed by atoms with E-state index in [-0.39, 0.29) is 6.10 Å². The highest BCUT2D eigenvalue weighted by Gasteiger charge is 2.39. The van der Waals surface area contributed by atoms with Crippen molar-refractivity contribution in [3.8, 4) is 17.2 Å². The first kappa shape index (κ1) is 14.7. The van der Waals surface area contributed by atoms with Gasteiger partial charge in [0.2, 0.25) is 0 Å². The van der Waals surface area contributed by atoms with E-state index >= 15 is 0 Å². The van der Waals surface area contributed by atoms with Gasteiger partial charge in [-0.25, -0.2) is 0 Å². The van der Waals surface area contributed by atoms with E-state index < -0.39 is 5.54 Å². The summed E-state index contributed by atoms with van der Waals surface area (Å²) in [6.45, 7) is 1.36. The van der Waals surface area contributed by atoms with Crippen molar-refractivity contribution in [2.24, 2.45) is 5.73 Å². The molecule has 2 heterocycles. The van der Waals surface area contributed by atoms with Crippen LogP contribution in [0.25, 0.3) is 11.5 Å². The SMILES string of the molecule is NC1(c2noc(-c3ccccc3OCC3CCCO3)n2)CCC1. The van der Waals surface area contributed by atoms with Gasteiger partial charge in [-0.05, 0) is 44.2 Å². The summed E-state index contributed by atoms with van der Waals surface area (Å²) in [5.41, 5.74) is 6.64. The summed E-state index contributed by atoms with van der Waals surface area (Å²) < 4.78 is 17.0. The lowest BCUT2D eigenvalue weighted by atomic mass is 9.77. The van der Waals surface area contributed by atoms with Gasteiger partial charge in [0.05, 0.1) is 17.2 Å². The summed E-state index contributed by atoms with van der Waals surface area (Å²) in [7, 11) is 0. The molecule has 1 atom stereocenters. The molecule has 1 saturated carbocycles. The molecule has 6 heteroatoms. The first-order valence-corrected chi connectivity index (χ1v) is 8.21. The molecule has 2 aliphatic rings. The quantitative estimate of drug-likeness (QED) is 0.913. The van der Waals surface area contributed by atoms with Gasteiger partial charge in [0.1, 0.15) is 12.4 Å². The maximum absolute atomic E-state index is 6.26. The zero-order chi connectivity index (χ0) is 15.7. The number of nitrogens with zero attached hydrogens (tertiary/aromatic N) is 2. The fourth-order valence-electron chi connectivity index (χ4n) is 3.04. The summed E-state index contributed by atoms with van der Waals surface area (Å²) in [6, 6.07) is 7.70. The van der Waals surface area contributed by atoms with Crippen molar-refractivity contribution in [1.29, 1.82) is 0 Å². The Kier molecular flexibility index (Phi) is 3.79. The second-order valence-corrected chi connectivity index (χ2v) is 6.38. The number of aromatic nitrogens is 2. The van der Waals surface area contributed by atoms with Crippen LogP contribution in [0.15, 0.2) is 28.8 Å². The van der Waals surface area contributed by atoms with Crippen molar-refractivity contribution in [2.45, 2.75) is 43.7 Å². The number of rotatable bonds is 5. The summed E-state index contributed by atoms with van der Waals surface area (Å²) in [5, 5.41) is 4.07. The second-order valence-electron chi connectivity index (χ2n) is 6.38. The lowest BCUT2D eigenvalue weighted by Crippen LogP contribution is -2.44. The normalized spacial score (nSPS) is 22.7. The molecule has 1 aromatic heterocycles. The van der Waals surface area contributed by atoms with Gasteiger partial charge in [-0.2, -0.15) is 4.98 Å². The van der Waals surface area contributed by atoms with E-state index in [0.29, 0.717) is 18.3 Å². The first-order valence-electron chi connectivity index (χ1n) is 8.21. The van der Waals surface area contributed by atoms with Gasteiger partial charge in [0.25, 0.3) is 5.89 Å². The molecule has 1 saturated heterocycles. The van der Waals surface area contributed by atoms with E-state index in [0.717, 1.165) is 50.0 Å². The Balaban J connectivity index is 1.54. The molecule has 6 nitrogen and oxygen atoms in total. The fraction of sp³-hybridized carbons (Fsp3) is 0.529. The van der Waals surface area contributed by atoms with Crippen molar-refractivity contribution in [3.05, 3.63) is 30.1 Å². The Morgan fingerprint density at radius 2 is 2.13 bits per heavy atom. The van der Waals surface area contributed by atoms with Crippen LogP contribution in [0, 0.1) is 0 Å². The molecule has 0 spiro atoms. The van der Waals surface area contributed by atoms with Gasteiger partial charge in [0, 0.05) is 6.61 Å². The van der Waals surface area contributed by atoms with Crippen LogP contribution in [0.5, 0.6) is 5.75 Å². The van der Waals surface area contributed by atoms with Crippen molar-refractivity contribution in [2.75, 3.05) is 13.2 Å². The summed E-state index contributed by atoms with van der Waals surface area (Å²) in [5.74, 6) is 1.78. The van der Waals surface area contributed by atoms with Crippen LogP contribution >= 0.6 is 0 Å². The Bertz CT molecular complexity index is 675. The first-order chi connectivity index (χ1) is 11.2. The number of nitrogens with two attached hydrogens (primary N) is 1. The maximum Gasteiger partial charge on any atom is 0.261 e. The van der Waals surface area contributed by atoms with Gasteiger partial charge in [-0.15, -0.1) is 0 Å². The standard InChI is InChI=1S/C17H21N3O3/c18-17(8-4-9-17)16-19-15(23-20-16)13-6-1-2-7-14(13)22-11-12-5-3-10-21-12/h1-2,6-7,12H,3-5,8-11,18H2. The third-order valence-electron chi connectivity index (χ3n) is 4.68. The minimum absolute atomic E-state index is 0.170. The molecule has 122 valence electrons. The molecule has 1 unspecified atom stereocenters. The third-order valence-corrected chi connectivity index (χ3v) is 4.68. The number of para-hydroxylation sites is 1. The number of ether oxygens (including phenoxy) is 2. The molecule has 0 amide bonds. The monoisotopic (exact) mass is 315 g/mol. The third kappa shape index (κ3) is 2.84. The number of hydrogen-bond acceptors (Lipinski definition) is 6. The van der Waals surface area contributed by atoms with E-state index in [1.165, 1.54) is 0 Å². The zero-order valence-electron chi connectivity index (χ0n) is 13.0. The van der Waals surface area contributed by atoms with Gasteiger partial charge in [-0.3, -0.25) is 0 Å². The van der Waals surface area contributed by atoms with Crippen LogP contribution in [-0.2, 0) is 10.3 Å². The minimum atomic E-state index is -0.421. The van der Waals surface area contributed by atoms with Gasteiger partial charge >= 0.3 is 0 Å². The zero-order valence-corrected chi connectivity index (χ0v) is 13.0. The lowest BCUT2D eigenvalue weighted by Gasteiger charge is -2.34. The van der Waals surface area contributed by atoms with Crippen LogP contribution in [-0.4, -0.2) is 29.5 Å². The van der Waals surface area contributed by atoms with Crippen LogP contribution in [0.1, 0.15) is 37.9 Å². The van der Waals surface area contributed by atoms with Crippen LogP contribution in [0.3, 0.4) is 0 Å². The molecule has 4 rings (SSSR count). The molecule has 0 radical (unpaired) electrons. The molecule has 23 heavy (non-hydrogen) atoms. The van der Waals surface area contributed by atoms with E-state index in [2.05, 4.69) is 10.1 Å². The van der Waals surface area contributed by atoms with E-state index in [9.17, 15) is 0 Å². The Morgan fingerprint density at radius 3 is 2.87 bits per heavy atom. The van der Waals surface area contributed by atoms with Crippen molar-refractivity contribution < 1.29 is 14.0 Å². The van der Waals surface area contributed by atoms with E-state index in [1.807, 2.05) is 24.3 Å². The lowest BCUT2D eigenvalue weighted by molar-refractivity contribution is 0.0681. The molecule has 1 aromatic carbocycles. The van der Waals surface area contributed by atoms with Crippen LogP contribution in [0.4, 0.5) is 0 Å². The Labute approximate surface area is 135 Å². The Hall–Kier alpha value is -1.92. The van der Waals surface area contributed by atoms with E-state index in [1.54, 1.807) is 0 Å². The smallest absolute Gasteiger partial charge is 0.261 e. The highest BCUT2D eigenvalue weighted by molar-refractivity contribution is 5.62. The summed E-state index contributed by atoms with van der Waals surface area (Å²) in [6.07, 6.45) is 5.24.